The van der Waals surface area contributed by atoms with Crippen LogP contribution in [0.5, 0.6) is 0 Å². The SMILES string of the molecule is Cc1ccccc1N1CCC(CN)(N(C)C)C1. The lowest BCUT2D eigenvalue weighted by Gasteiger charge is -2.35. The summed E-state index contributed by atoms with van der Waals surface area (Å²) < 4.78 is 0. The maximum Gasteiger partial charge on any atom is 0.0518 e. The summed E-state index contributed by atoms with van der Waals surface area (Å²) in [6.07, 6.45) is 1.14. The molecule has 0 spiro atoms. The molecule has 1 aromatic rings. The topological polar surface area (TPSA) is 32.5 Å². The molecule has 1 unspecified atom stereocenters. The summed E-state index contributed by atoms with van der Waals surface area (Å²) in [5.41, 5.74) is 8.82. The lowest BCUT2D eigenvalue weighted by Crippen LogP contribution is -2.52. The first-order chi connectivity index (χ1) is 8.09. The zero-order valence-corrected chi connectivity index (χ0v) is 11.1. The van der Waals surface area contributed by atoms with Crippen molar-refractivity contribution >= 4 is 5.69 Å². The van der Waals surface area contributed by atoms with Crippen molar-refractivity contribution < 1.29 is 0 Å². The van der Waals surface area contributed by atoms with E-state index in [1.54, 1.807) is 0 Å². The molecule has 1 aromatic carbocycles. The van der Waals surface area contributed by atoms with Crippen molar-refractivity contribution in [2.75, 3.05) is 38.6 Å². The highest BCUT2D eigenvalue weighted by atomic mass is 15.3. The maximum atomic E-state index is 5.98. The van der Waals surface area contributed by atoms with Crippen molar-refractivity contribution in [1.82, 2.24) is 4.90 Å². The first-order valence-electron chi connectivity index (χ1n) is 6.27. The van der Waals surface area contributed by atoms with Gasteiger partial charge in [0.15, 0.2) is 0 Å². The molecule has 94 valence electrons. The van der Waals surface area contributed by atoms with Gasteiger partial charge in [0, 0.05) is 25.3 Å². The lowest BCUT2D eigenvalue weighted by molar-refractivity contribution is 0.184. The van der Waals surface area contributed by atoms with E-state index in [1.807, 2.05) is 0 Å². The Morgan fingerprint density at radius 3 is 2.59 bits per heavy atom. The number of aryl methyl sites for hydroxylation is 1. The zero-order valence-electron chi connectivity index (χ0n) is 11.1. The zero-order chi connectivity index (χ0) is 12.5. The van der Waals surface area contributed by atoms with Gasteiger partial charge in [-0.2, -0.15) is 0 Å². The molecule has 1 atom stereocenters. The van der Waals surface area contributed by atoms with Crippen LogP contribution in [0.2, 0.25) is 0 Å². The number of hydrogen-bond acceptors (Lipinski definition) is 3. The average Bonchev–Trinajstić information content (AvgIpc) is 2.75. The van der Waals surface area contributed by atoms with E-state index in [1.165, 1.54) is 11.3 Å². The second kappa shape index (κ2) is 4.67. The van der Waals surface area contributed by atoms with Crippen molar-refractivity contribution in [1.29, 1.82) is 0 Å². The predicted molar refractivity (Wildman–Crippen MR) is 73.5 cm³/mol. The van der Waals surface area contributed by atoms with Crippen molar-refractivity contribution in [3.63, 3.8) is 0 Å². The number of hydrogen-bond donors (Lipinski definition) is 1. The summed E-state index contributed by atoms with van der Waals surface area (Å²) in [6, 6.07) is 8.59. The van der Waals surface area contributed by atoms with Crippen molar-refractivity contribution in [2.45, 2.75) is 18.9 Å². The number of nitrogens with zero attached hydrogens (tertiary/aromatic N) is 2. The van der Waals surface area contributed by atoms with Crippen LogP contribution in [0.3, 0.4) is 0 Å². The highest BCUT2D eigenvalue weighted by Crippen LogP contribution is 2.31. The van der Waals surface area contributed by atoms with E-state index in [4.69, 9.17) is 5.73 Å². The van der Waals surface area contributed by atoms with Gasteiger partial charge >= 0.3 is 0 Å². The summed E-state index contributed by atoms with van der Waals surface area (Å²) >= 11 is 0. The van der Waals surface area contributed by atoms with Gasteiger partial charge < -0.3 is 15.5 Å². The van der Waals surface area contributed by atoms with Crippen molar-refractivity contribution in [2.24, 2.45) is 5.73 Å². The molecule has 1 fully saturated rings. The summed E-state index contributed by atoms with van der Waals surface area (Å²) in [6.45, 7) is 5.03. The van der Waals surface area contributed by atoms with Gasteiger partial charge in [-0.25, -0.2) is 0 Å². The molecule has 0 saturated carbocycles. The normalized spacial score (nSPS) is 24.6. The minimum Gasteiger partial charge on any atom is -0.369 e. The second-order valence-corrected chi connectivity index (χ2v) is 5.28. The third kappa shape index (κ3) is 2.17. The van der Waals surface area contributed by atoms with Crippen LogP contribution in [0.4, 0.5) is 5.69 Å². The Kier molecular flexibility index (Phi) is 3.40. The van der Waals surface area contributed by atoms with Crippen LogP contribution >= 0.6 is 0 Å². The number of anilines is 1. The Morgan fingerprint density at radius 1 is 1.35 bits per heavy atom. The van der Waals surface area contributed by atoms with E-state index >= 15 is 0 Å². The van der Waals surface area contributed by atoms with E-state index < -0.39 is 0 Å². The van der Waals surface area contributed by atoms with Gasteiger partial charge in [0.1, 0.15) is 0 Å². The second-order valence-electron chi connectivity index (χ2n) is 5.28. The lowest BCUT2D eigenvalue weighted by atomic mass is 9.97. The Hall–Kier alpha value is -1.06. The highest BCUT2D eigenvalue weighted by Gasteiger charge is 2.39. The quantitative estimate of drug-likeness (QED) is 0.858. The molecule has 1 aliphatic heterocycles. The molecule has 1 heterocycles. The summed E-state index contributed by atoms with van der Waals surface area (Å²) in [5, 5.41) is 0. The van der Waals surface area contributed by atoms with Gasteiger partial charge in [-0.3, -0.25) is 0 Å². The number of para-hydroxylation sites is 1. The van der Waals surface area contributed by atoms with E-state index in [-0.39, 0.29) is 5.54 Å². The Labute approximate surface area is 104 Å². The fraction of sp³-hybridized carbons (Fsp3) is 0.571. The molecule has 2 rings (SSSR count). The third-order valence-corrected chi connectivity index (χ3v) is 4.12. The Morgan fingerprint density at radius 2 is 2.06 bits per heavy atom. The van der Waals surface area contributed by atoms with Crippen LogP contribution < -0.4 is 10.6 Å². The van der Waals surface area contributed by atoms with Crippen LogP contribution in [0.1, 0.15) is 12.0 Å². The maximum absolute atomic E-state index is 5.98. The summed E-state index contributed by atoms with van der Waals surface area (Å²) in [7, 11) is 4.27. The molecule has 1 saturated heterocycles. The molecule has 1 aliphatic rings. The van der Waals surface area contributed by atoms with Gasteiger partial charge in [-0.1, -0.05) is 18.2 Å². The Balaban J connectivity index is 2.20. The molecular formula is C14H23N3. The first kappa shape index (κ1) is 12.4. The predicted octanol–water partition coefficient (Wildman–Crippen LogP) is 1.46. The van der Waals surface area contributed by atoms with E-state index in [0.717, 1.165) is 26.1 Å². The number of nitrogens with two attached hydrogens (primary N) is 1. The smallest absolute Gasteiger partial charge is 0.0518 e. The van der Waals surface area contributed by atoms with Gasteiger partial charge in [0.05, 0.1) is 5.54 Å². The van der Waals surface area contributed by atoms with Gasteiger partial charge in [-0.05, 0) is 39.1 Å². The number of likely N-dealkylation sites (N-methyl/N-ethyl adjacent to an activating group) is 1. The molecule has 3 heteroatoms. The molecule has 17 heavy (non-hydrogen) atoms. The molecular weight excluding hydrogens is 210 g/mol. The highest BCUT2D eigenvalue weighted by molar-refractivity contribution is 5.54. The van der Waals surface area contributed by atoms with E-state index in [0.29, 0.717) is 0 Å². The Bertz CT molecular complexity index is 389. The summed E-state index contributed by atoms with van der Waals surface area (Å²) in [4.78, 5) is 4.74. The first-order valence-corrected chi connectivity index (χ1v) is 6.27. The number of rotatable bonds is 3. The molecule has 0 aromatic heterocycles. The minimum atomic E-state index is 0.141. The molecule has 2 N–H and O–H groups in total. The van der Waals surface area contributed by atoms with E-state index in [9.17, 15) is 0 Å². The van der Waals surface area contributed by atoms with E-state index in [2.05, 4.69) is 55.1 Å². The molecule has 0 bridgehead atoms. The fourth-order valence-electron chi connectivity index (χ4n) is 2.69. The van der Waals surface area contributed by atoms with Gasteiger partial charge in [0.25, 0.3) is 0 Å². The van der Waals surface area contributed by atoms with Crippen molar-refractivity contribution in [3.05, 3.63) is 29.8 Å². The number of benzene rings is 1. The molecule has 0 amide bonds. The minimum absolute atomic E-state index is 0.141. The largest absolute Gasteiger partial charge is 0.369 e. The van der Waals surface area contributed by atoms with Crippen molar-refractivity contribution in [3.8, 4) is 0 Å². The standard InChI is InChI=1S/C14H23N3/c1-12-6-4-5-7-13(12)17-9-8-14(10-15,11-17)16(2)3/h4-7H,8-11,15H2,1-3H3. The van der Waals surface area contributed by atoms with Gasteiger partial charge in [-0.15, -0.1) is 0 Å². The average molecular weight is 233 g/mol. The molecule has 0 radical (unpaired) electrons. The van der Waals surface area contributed by atoms with Gasteiger partial charge in [0.2, 0.25) is 0 Å². The molecule has 3 nitrogen and oxygen atoms in total. The third-order valence-electron chi connectivity index (χ3n) is 4.12. The van der Waals surface area contributed by atoms with Crippen LogP contribution in [-0.2, 0) is 0 Å². The van der Waals surface area contributed by atoms with Crippen LogP contribution in [0.25, 0.3) is 0 Å². The molecule has 0 aliphatic carbocycles. The monoisotopic (exact) mass is 233 g/mol. The van der Waals surface area contributed by atoms with Crippen LogP contribution in [0, 0.1) is 6.92 Å². The fourth-order valence-corrected chi connectivity index (χ4v) is 2.69. The van der Waals surface area contributed by atoms with Crippen LogP contribution in [-0.4, -0.2) is 44.2 Å². The van der Waals surface area contributed by atoms with Crippen LogP contribution in [0.15, 0.2) is 24.3 Å². The summed E-state index contributed by atoms with van der Waals surface area (Å²) in [5.74, 6) is 0.